The topological polar surface area (TPSA) is 140 Å². The number of unbranched alkanes of at least 4 members (excludes halogenated alkanes) is 4. The molecule has 2 atom stereocenters. The first-order valence-electron chi connectivity index (χ1n) is 18.2. The fourth-order valence-electron chi connectivity index (χ4n) is 7.69. The zero-order valence-electron chi connectivity index (χ0n) is 28.9. The third kappa shape index (κ3) is 8.33. The van der Waals surface area contributed by atoms with E-state index in [9.17, 15) is 15.0 Å². The largest absolute Gasteiger partial charge is 0.504 e. The number of nitrogens with one attached hydrogen (secondary N) is 1. The van der Waals surface area contributed by atoms with Gasteiger partial charge < -0.3 is 36.0 Å². The lowest BCUT2D eigenvalue weighted by atomic mass is 9.73. The lowest BCUT2D eigenvalue weighted by molar-refractivity contribution is -0.126. The molecule has 1 saturated carbocycles. The van der Waals surface area contributed by atoms with Crippen molar-refractivity contribution in [1.29, 1.82) is 0 Å². The number of phenols is 1. The van der Waals surface area contributed by atoms with E-state index in [2.05, 4.69) is 49.4 Å². The first kappa shape index (κ1) is 35.7. The number of hydrogen-bond acceptors (Lipinski definition) is 6. The number of nitrogens with two attached hydrogens (primary N) is 2. The molecule has 0 bridgehead atoms. The van der Waals surface area contributed by atoms with E-state index < -0.39 is 12.3 Å². The lowest BCUT2D eigenvalue weighted by Crippen LogP contribution is -2.28. The van der Waals surface area contributed by atoms with Gasteiger partial charge in [-0.05, 0) is 66.5 Å². The van der Waals surface area contributed by atoms with E-state index in [-0.39, 0.29) is 29.6 Å². The highest BCUT2D eigenvalue weighted by atomic mass is 16.5. The van der Waals surface area contributed by atoms with Crippen molar-refractivity contribution in [3.63, 3.8) is 0 Å². The molecule has 48 heavy (non-hydrogen) atoms. The molecule has 0 spiro atoms. The summed E-state index contributed by atoms with van der Waals surface area (Å²) in [6.07, 6.45) is 18.2. The van der Waals surface area contributed by atoms with Gasteiger partial charge >= 0.3 is 0 Å². The molecule has 0 amide bonds. The molecule has 2 heterocycles. The molecule has 2 aromatic heterocycles. The van der Waals surface area contributed by atoms with Crippen molar-refractivity contribution in [2.45, 2.75) is 128 Å². The molecule has 0 unspecified atom stereocenters. The smallest absolute Gasteiger partial charge is 0.165 e. The van der Waals surface area contributed by atoms with Crippen LogP contribution in [0.15, 0.2) is 61.1 Å². The number of aryl methyl sites for hydroxylation is 1. The van der Waals surface area contributed by atoms with Crippen molar-refractivity contribution in [2.75, 3.05) is 0 Å². The summed E-state index contributed by atoms with van der Waals surface area (Å²) < 4.78 is 8.13. The molecule has 2 aromatic carbocycles. The Morgan fingerprint density at radius 2 is 1.75 bits per heavy atom. The SMILES string of the molecule is CCCCC[C@@H](O)[C@@H](CCCCC)C(=O)CCc1ccc(O)c(OCn2cc3[nH]cc(C4(c5cccc(C(N)N)c5)CCCC4)c3c2)c1. The maximum absolute atomic E-state index is 13.3. The van der Waals surface area contributed by atoms with Crippen LogP contribution in [0.3, 0.4) is 0 Å². The third-order valence-electron chi connectivity index (χ3n) is 10.5. The van der Waals surface area contributed by atoms with Crippen LogP contribution < -0.4 is 16.2 Å². The monoisotopic (exact) mass is 656 g/mol. The first-order valence-corrected chi connectivity index (χ1v) is 18.2. The normalized spacial score (nSPS) is 15.7. The quantitative estimate of drug-likeness (QED) is 0.0510. The molecular formula is C40H56N4O4. The minimum atomic E-state index is -0.578. The van der Waals surface area contributed by atoms with Gasteiger partial charge in [0.2, 0.25) is 0 Å². The number of hydrogen-bond donors (Lipinski definition) is 5. The number of carbonyl (C=O) groups excluding carboxylic acids is 1. The maximum atomic E-state index is 13.3. The van der Waals surface area contributed by atoms with Gasteiger partial charge in [-0.15, -0.1) is 0 Å². The zero-order valence-corrected chi connectivity index (χ0v) is 28.9. The van der Waals surface area contributed by atoms with Crippen LogP contribution in [0.2, 0.25) is 0 Å². The molecule has 0 aliphatic heterocycles. The second-order valence-corrected chi connectivity index (χ2v) is 13.9. The summed E-state index contributed by atoms with van der Waals surface area (Å²) in [4.78, 5) is 16.8. The summed E-state index contributed by atoms with van der Waals surface area (Å²) in [5.74, 6) is 0.269. The average Bonchev–Trinajstić information content (AvgIpc) is 3.83. The van der Waals surface area contributed by atoms with Gasteiger partial charge in [-0.3, -0.25) is 4.79 Å². The van der Waals surface area contributed by atoms with Crippen molar-refractivity contribution in [3.8, 4) is 11.5 Å². The predicted molar refractivity (Wildman–Crippen MR) is 193 cm³/mol. The number of Topliss-reactive ketones (excluding diaryl/α,β-unsaturated/α-hetero) is 1. The average molecular weight is 657 g/mol. The number of rotatable bonds is 19. The molecule has 8 heteroatoms. The number of nitrogens with zero attached hydrogens (tertiary/aromatic N) is 1. The predicted octanol–water partition coefficient (Wildman–Crippen LogP) is 8.13. The number of ketones is 1. The van der Waals surface area contributed by atoms with Crippen LogP contribution in [-0.4, -0.2) is 31.7 Å². The van der Waals surface area contributed by atoms with Gasteiger partial charge in [0.05, 0.1) is 17.8 Å². The highest BCUT2D eigenvalue weighted by Crippen LogP contribution is 2.49. The van der Waals surface area contributed by atoms with E-state index in [0.717, 1.165) is 92.7 Å². The van der Waals surface area contributed by atoms with Crippen LogP contribution in [0.1, 0.15) is 126 Å². The van der Waals surface area contributed by atoms with Crippen molar-refractivity contribution < 1.29 is 19.7 Å². The van der Waals surface area contributed by atoms with E-state index in [1.54, 1.807) is 6.07 Å². The van der Waals surface area contributed by atoms with Gasteiger partial charge in [0.1, 0.15) is 5.78 Å². The molecule has 1 aliphatic carbocycles. The molecule has 7 N–H and O–H groups in total. The Labute approximate surface area is 285 Å². The number of aromatic hydroxyl groups is 1. The first-order chi connectivity index (χ1) is 23.3. The Morgan fingerprint density at radius 3 is 2.48 bits per heavy atom. The van der Waals surface area contributed by atoms with E-state index in [1.807, 2.05) is 29.0 Å². The van der Waals surface area contributed by atoms with Crippen LogP contribution in [-0.2, 0) is 23.4 Å². The van der Waals surface area contributed by atoms with Crippen molar-refractivity contribution in [2.24, 2.45) is 17.4 Å². The van der Waals surface area contributed by atoms with Crippen LogP contribution in [0.4, 0.5) is 0 Å². The van der Waals surface area contributed by atoms with Crippen LogP contribution in [0.5, 0.6) is 11.5 Å². The Kier molecular flexibility index (Phi) is 12.4. The summed E-state index contributed by atoms with van der Waals surface area (Å²) in [6, 6.07) is 13.7. The van der Waals surface area contributed by atoms with Crippen molar-refractivity contribution in [3.05, 3.63) is 83.3 Å². The number of carbonyl (C=O) groups is 1. The van der Waals surface area contributed by atoms with Crippen LogP contribution in [0, 0.1) is 5.92 Å². The molecule has 1 aliphatic rings. The minimum Gasteiger partial charge on any atom is -0.504 e. The highest BCUT2D eigenvalue weighted by Gasteiger charge is 2.39. The maximum Gasteiger partial charge on any atom is 0.165 e. The number of phenolic OH excluding ortho intramolecular Hbond substituents is 1. The number of fused-ring (bicyclic) bond motifs is 1. The van der Waals surface area contributed by atoms with Crippen molar-refractivity contribution >= 4 is 16.7 Å². The fourth-order valence-corrected chi connectivity index (χ4v) is 7.69. The Hall–Kier alpha value is -3.59. The molecule has 260 valence electrons. The molecule has 1 fully saturated rings. The molecule has 8 nitrogen and oxygen atoms in total. The number of H-pyrrole nitrogens is 1. The minimum absolute atomic E-state index is 0.0650. The summed E-state index contributed by atoms with van der Waals surface area (Å²) in [5, 5.41) is 22.7. The van der Waals surface area contributed by atoms with Crippen molar-refractivity contribution in [1.82, 2.24) is 9.55 Å². The standard InChI is InChI=1S/C40H56N4O4/c1-3-5-7-14-31(35(45)15-8-6-4-2)36(46)18-16-28-17-19-37(47)38(22-28)48-27-44-25-32-33(24-43-34(32)26-44)40(20-9-10-21-40)30-13-11-12-29(23-30)39(41)42/h11-13,17,19,22-26,31,35,39,43,45,47H,3-10,14-16,18,20-21,27,41-42H2,1-2H3/t31-,35-/m1/s1. The van der Waals surface area contributed by atoms with Gasteiger partial charge in [0.25, 0.3) is 0 Å². The van der Waals surface area contributed by atoms with Gasteiger partial charge in [0, 0.05) is 41.7 Å². The second-order valence-electron chi connectivity index (χ2n) is 13.9. The number of benzene rings is 2. The summed E-state index contributed by atoms with van der Waals surface area (Å²) in [7, 11) is 0. The summed E-state index contributed by atoms with van der Waals surface area (Å²) in [6.45, 7) is 4.53. The Balaban J connectivity index is 1.26. The Bertz CT molecular complexity index is 1620. The molecule has 0 radical (unpaired) electrons. The number of aliphatic hydroxyl groups excluding tert-OH is 1. The summed E-state index contributed by atoms with van der Waals surface area (Å²) >= 11 is 0. The van der Waals surface area contributed by atoms with E-state index in [0.29, 0.717) is 25.0 Å². The lowest BCUT2D eigenvalue weighted by Gasteiger charge is -2.30. The zero-order chi connectivity index (χ0) is 34.1. The van der Waals surface area contributed by atoms with Crippen LogP contribution in [0.25, 0.3) is 10.9 Å². The van der Waals surface area contributed by atoms with Gasteiger partial charge in [-0.1, -0.05) is 95.5 Å². The Morgan fingerprint density at radius 1 is 1.00 bits per heavy atom. The number of aromatic amines is 1. The summed E-state index contributed by atoms with van der Waals surface area (Å²) in [5.41, 5.74) is 17.4. The van der Waals surface area contributed by atoms with Crippen LogP contribution >= 0.6 is 0 Å². The highest BCUT2D eigenvalue weighted by molar-refractivity contribution is 5.85. The number of ether oxygens (including phenoxy) is 1. The number of aromatic nitrogens is 2. The number of aliphatic hydroxyl groups is 1. The van der Waals surface area contributed by atoms with Gasteiger partial charge in [-0.2, -0.15) is 0 Å². The van der Waals surface area contributed by atoms with Gasteiger partial charge in [-0.25, -0.2) is 0 Å². The molecule has 5 rings (SSSR count). The molecule has 4 aromatic rings. The molecular weight excluding hydrogens is 600 g/mol. The van der Waals surface area contributed by atoms with E-state index in [4.69, 9.17) is 16.2 Å². The fraction of sp³-hybridized carbons (Fsp3) is 0.525. The van der Waals surface area contributed by atoms with E-state index >= 15 is 0 Å². The third-order valence-corrected chi connectivity index (χ3v) is 10.5. The molecule has 0 saturated heterocycles. The van der Waals surface area contributed by atoms with Gasteiger partial charge in [0.15, 0.2) is 18.2 Å². The second kappa shape index (κ2) is 16.7. The van der Waals surface area contributed by atoms with E-state index in [1.165, 1.54) is 11.1 Å².